The van der Waals surface area contributed by atoms with E-state index in [1.807, 2.05) is 13.8 Å². The van der Waals surface area contributed by atoms with Gasteiger partial charge in [0, 0.05) is 19.3 Å². The number of nitrogens with one attached hydrogen (secondary N) is 1. The van der Waals surface area contributed by atoms with E-state index in [4.69, 9.17) is 9.84 Å². The number of rotatable bonds is 8. The summed E-state index contributed by atoms with van der Waals surface area (Å²) in [6, 6.07) is 2.09. The normalized spacial score (nSPS) is 12.4. The Hall–Kier alpha value is -1.69. The van der Waals surface area contributed by atoms with Gasteiger partial charge in [0.25, 0.3) is 0 Å². The number of methoxy groups -OCH3 is 1. The first-order valence-electron chi connectivity index (χ1n) is 6.32. The molecule has 0 aliphatic rings. The maximum Gasteiger partial charge on any atom is 0.316 e. The summed E-state index contributed by atoms with van der Waals surface area (Å²) in [4.78, 5) is 19.2. The van der Waals surface area contributed by atoms with Gasteiger partial charge in [0.15, 0.2) is 0 Å². The Bertz CT molecular complexity index is 410. The van der Waals surface area contributed by atoms with E-state index in [0.29, 0.717) is 31.4 Å². The van der Waals surface area contributed by atoms with Gasteiger partial charge in [0.2, 0.25) is 0 Å². The van der Waals surface area contributed by atoms with Crippen molar-refractivity contribution in [1.82, 2.24) is 15.3 Å². The van der Waals surface area contributed by atoms with Crippen LogP contribution < -0.4 is 10.1 Å². The predicted molar refractivity (Wildman–Crippen MR) is 70.9 cm³/mol. The standard InChI is InChI=1S/C13H21N3O3/c1-9(2)6-10(12(17)18)7-14-8-11-4-5-15-13(16-11)19-3/h4-5,9-10,14H,6-8H2,1-3H3,(H,17,18). The number of aliphatic carboxylic acids is 1. The molecule has 0 aliphatic heterocycles. The lowest BCUT2D eigenvalue weighted by Gasteiger charge is -2.15. The molecule has 1 unspecified atom stereocenters. The van der Waals surface area contributed by atoms with Gasteiger partial charge < -0.3 is 15.2 Å². The highest BCUT2D eigenvalue weighted by atomic mass is 16.5. The van der Waals surface area contributed by atoms with Crippen LogP contribution in [-0.2, 0) is 11.3 Å². The van der Waals surface area contributed by atoms with Crippen LogP contribution in [0.15, 0.2) is 12.3 Å². The zero-order valence-corrected chi connectivity index (χ0v) is 11.6. The molecule has 6 heteroatoms. The van der Waals surface area contributed by atoms with Gasteiger partial charge in [-0.25, -0.2) is 4.98 Å². The van der Waals surface area contributed by atoms with Crippen LogP contribution in [0.4, 0.5) is 0 Å². The molecule has 0 spiro atoms. The fourth-order valence-electron chi connectivity index (χ4n) is 1.79. The molecule has 1 heterocycles. The van der Waals surface area contributed by atoms with Crippen molar-refractivity contribution in [2.75, 3.05) is 13.7 Å². The van der Waals surface area contributed by atoms with Crippen LogP contribution in [0.25, 0.3) is 0 Å². The average Bonchev–Trinajstić information content (AvgIpc) is 2.37. The van der Waals surface area contributed by atoms with Crippen LogP contribution >= 0.6 is 0 Å². The van der Waals surface area contributed by atoms with Crippen molar-refractivity contribution < 1.29 is 14.6 Å². The average molecular weight is 267 g/mol. The summed E-state index contributed by atoms with van der Waals surface area (Å²) >= 11 is 0. The summed E-state index contributed by atoms with van der Waals surface area (Å²) in [5.41, 5.74) is 0.778. The number of hydrogen-bond acceptors (Lipinski definition) is 5. The molecule has 0 saturated heterocycles. The quantitative estimate of drug-likeness (QED) is 0.739. The zero-order chi connectivity index (χ0) is 14.3. The van der Waals surface area contributed by atoms with Crippen molar-refractivity contribution >= 4 is 5.97 Å². The molecule has 0 aromatic carbocycles. The lowest BCUT2D eigenvalue weighted by molar-refractivity contribution is -0.142. The van der Waals surface area contributed by atoms with E-state index in [1.54, 1.807) is 12.3 Å². The highest BCUT2D eigenvalue weighted by molar-refractivity contribution is 5.70. The van der Waals surface area contributed by atoms with Crippen LogP contribution in [-0.4, -0.2) is 34.7 Å². The first kappa shape index (κ1) is 15.4. The minimum absolute atomic E-state index is 0.316. The van der Waals surface area contributed by atoms with Crippen LogP contribution in [0.2, 0.25) is 0 Å². The van der Waals surface area contributed by atoms with Crippen LogP contribution in [0.3, 0.4) is 0 Å². The third-order valence-electron chi connectivity index (χ3n) is 2.68. The molecule has 0 radical (unpaired) electrons. The number of hydrogen-bond donors (Lipinski definition) is 2. The molecule has 1 atom stereocenters. The molecular weight excluding hydrogens is 246 g/mol. The topological polar surface area (TPSA) is 84.3 Å². The number of carbonyl (C=O) groups is 1. The second-order valence-electron chi connectivity index (χ2n) is 4.83. The second kappa shape index (κ2) is 7.68. The van der Waals surface area contributed by atoms with Gasteiger partial charge in [-0.1, -0.05) is 13.8 Å². The Kier molecular flexibility index (Phi) is 6.21. The van der Waals surface area contributed by atoms with E-state index in [1.165, 1.54) is 7.11 Å². The van der Waals surface area contributed by atoms with Crippen molar-refractivity contribution in [3.63, 3.8) is 0 Å². The Balaban J connectivity index is 2.44. The molecule has 0 aliphatic carbocycles. The molecule has 6 nitrogen and oxygen atoms in total. The highest BCUT2D eigenvalue weighted by Gasteiger charge is 2.18. The number of ether oxygens (including phenoxy) is 1. The third kappa shape index (κ3) is 5.65. The van der Waals surface area contributed by atoms with Crippen molar-refractivity contribution in [3.8, 4) is 6.01 Å². The van der Waals surface area contributed by atoms with Gasteiger partial charge in [-0.2, -0.15) is 4.98 Å². The smallest absolute Gasteiger partial charge is 0.316 e. The summed E-state index contributed by atoms with van der Waals surface area (Å²) in [7, 11) is 1.51. The zero-order valence-electron chi connectivity index (χ0n) is 11.6. The van der Waals surface area contributed by atoms with Crippen molar-refractivity contribution in [2.45, 2.75) is 26.8 Å². The summed E-state index contributed by atoms with van der Waals surface area (Å²) in [5, 5.41) is 12.2. The van der Waals surface area contributed by atoms with E-state index >= 15 is 0 Å². The Labute approximate surface area is 113 Å². The number of carboxylic acids is 1. The lowest BCUT2D eigenvalue weighted by Crippen LogP contribution is -2.29. The van der Waals surface area contributed by atoms with Gasteiger partial charge in [0.1, 0.15) is 0 Å². The molecule has 1 aromatic heterocycles. The minimum Gasteiger partial charge on any atom is -0.481 e. The monoisotopic (exact) mass is 267 g/mol. The molecule has 1 rings (SSSR count). The summed E-state index contributed by atoms with van der Waals surface area (Å²) < 4.78 is 4.93. The molecule has 19 heavy (non-hydrogen) atoms. The molecule has 0 fully saturated rings. The van der Waals surface area contributed by atoms with E-state index in [0.717, 1.165) is 5.69 Å². The molecule has 1 aromatic rings. The first-order valence-corrected chi connectivity index (χ1v) is 6.32. The summed E-state index contributed by atoms with van der Waals surface area (Å²) in [6.07, 6.45) is 2.28. The van der Waals surface area contributed by atoms with Crippen molar-refractivity contribution in [3.05, 3.63) is 18.0 Å². The van der Waals surface area contributed by atoms with Gasteiger partial charge in [-0.3, -0.25) is 4.79 Å². The molecule has 106 valence electrons. The Morgan fingerprint density at radius 2 is 2.26 bits per heavy atom. The molecule has 0 amide bonds. The number of nitrogens with zero attached hydrogens (tertiary/aromatic N) is 2. The van der Waals surface area contributed by atoms with Crippen LogP contribution in [0, 0.1) is 11.8 Å². The first-order chi connectivity index (χ1) is 9.02. The van der Waals surface area contributed by atoms with Crippen LogP contribution in [0.1, 0.15) is 26.0 Å². The van der Waals surface area contributed by atoms with E-state index in [9.17, 15) is 4.79 Å². The fourth-order valence-corrected chi connectivity index (χ4v) is 1.79. The van der Waals surface area contributed by atoms with E-state index in [-0.39, 0.29) is 5.92 Å². The number of carboxylic acid groups (broad SMARTS) is 1. The molecule has 2 N–H and O–H groups in total. The largest absolute Gasteiger partial charge is 0.481 e. The molecule has 0 saturated carbocycles. The van der Waals surface area contributed by atoms with Gasteiger partial charge in [-0.05, 0) is 18.4 Å². The van der Waals surface area contributed by atoms with Gasteiger partial charge in [0.05, 0.1) is 18.7 Å². The van der Waals surface area contributed by atoms with E-state index in [2.05, 4.69) is 15.3 Å². The fraction of sp³-hybridized carbons (Fsp3) is 0.615. The summed E-state index contributed by atoms with van der Waals surface area (Å²) in [6.45, 7) is 4.97. The maximum atomic E-state index is 11.1. The Morgan fingerprint density at radius 3 is 2.84 bits per heavy atom. The second-order valence-corrected chi connectivity index (χ2v) is 4.83. The van der Waals surface area contributed by atoms with Crippen LogP contribution in [0.5, 0.6) is 6.01 Å². The minimum atomic E-state index is -0.763. The van der Waals surface area contributed by atoms with Crippen molar-refractivity contribution in [2.24, 2.45) is 11.8 Å². The predicted octanol–water partition coefficient (Wildman–Crippen LogP) is 1.32. The number of aromatic nitrogens is 2. The van der Waals surface area contributed by atoms with Gasteiger partial charge >= 0.3 is 12.0 Å². The summed E-state index contributed by atoms with van der Waals surface area (Å²) in [5.74, 6) is -0.771. The highest BCUT2D eigenvalue weighted by Crippen LogP contribution is 2.11. The third-order valence-corrected chi connectivity index (χ3v) is 2.68. The van der Waals surface area contributed by atoms with Gasteiger partial charge in [-0.15, -0.1) is 0 Å². The molecule has 0 bridgehead atoms. The Morgan fingerprint density at radius 1 is 1.53 bits per heavy atom. The lowest BCUT2D eigenvalue weighted by atomic mass is 9.97. The SMILES string of the molecule is COc1nccc(CNCC(CC(C)C)C(=O)O)n1. The maximum absolute atomic E-state index is 11.1. The van der Waals surface area contributed by atoms with Crippen molar-refractivity contribution in [1.29, 1.82) is 0 Å². The van der Waals surface area contributed by atoms with E-state index < -0.39 is 5.97 Å². The molecular formula is C13H21N3O3.